The molecule has 0 amide bonds. The Labute approximate surface area is 129 Å². The smallest absolute Gasteiger partial charge is 0.194 e. The van der Waals surface area contributed by atoms with Gasteiger partial charge < -0.3 is 0 Å². The molecule has 0 atom stereocenters. The van der Waals surface area contributed by atoms with Crippen LogP contribution in [-0.2, 0) is 0 Å². The van der Waals surface area contributed by atoms with Crippen molar-refractivity contribution in [2.75, 3.05) is 0 Å². The van der Waals surface area contributed by atoms with Crippen LogP contribution in [0.25, 0.3) is 21.6 Å². The lowest BCUT2D eigenvalue weighted by atomic mass is 10.0. The van der Waals surface area contributed by atoms with Gasteiger partial charge in [0.2, 0.25) is 0 Å². The lowest BCUT2D eigenvalue weighted by molar-refractivity contribution is 0.104. The fourth-order valence-electron chi connectivity index (χ4n) is 2.65. The Morgan fingerprint density at radius 3 is 2.35 bits per heavy atom. The van der Waals surface area contributed by atoms with Crippen LogP contribution in [0.2, 0.25) is 0 Å². The van der Waals surface area contributed by atoms with Gasteiger partial charge in [0.1, 0.15) is 0 Å². The lowest BCUT2D eigenvalue weighted by Gasteiger charge is -2.02. The second-order valence-electron chi connectivity index (χ2n) is 4.76. The number of fused-ring (bicyclic) bond motifs is 3. The first-order chi connectivity index (χ1) is 9.74. The van der Waals surface area contributed by atoms with E-state index in [2.05, 4.69) is 39.5 Å². The molecule has 0 N–H and O–H groups in total. The van der Waals surface area contributed by atoms with Crippen molar-refractivity contribution >= 4 is 33.0 Å². The zero-order valence-electron chi connectivity index (χ0n) is 10.4. The van der Waals surface area contributed by atoms with Gasteiger partial charge in [0, 0.05) is 20.5 Å². The Morgan fingerprint density at radius 1 is 0.850 bits per heavy atom. The van der Waals surface area contributed by atoms with Gasteiger partial charge >= 0.3 is 0 Å². The molecular formula is C17H9BrOS. The van der Waals surface area contributed by atoms with Crippen LogP contribution in [-0.4, -0.2) is 5.78 Å². The van der Waals surface area contributed by atoms with Crippen molar-refractivity contribution in [3.63, 3.8) is 0 Å². The van der Waals surface area contributed by atoms with E-state index >= 15 is 0 Å². The van der Waals surface area contributed by atoms with E-state index in [0.717, 1.165) is 32.3 Å². The highest BCUT2D eigenvalue weighted by Gasteiger charge is 2.27. The van der Waals surface area contributed by atoms with E-state index < -0.39 is 0 Å². The fourth-order valence-corrected chi connectivity index (χ4v) is 3.73. The Bertz CT molecular complexity index is 834. The number of benzene rings is 2. The van der Waals surface area contributed by atoms with Crippen LogP contribution in [0.3, 0.4) is 0 Å². The van der Waals surface area contributed by atoms with E-state index in [0.29, 0.717) is 0 Å². The fraction of sp³-hybridized carbons (Fsp3) is 0. The molecule has 2 aromatic carbocycles. The van der Waals surface area contributed by atoms with Gasteiger partial charge in [0.05, 0.1) is 0 Å². The molecule has 1 nitrogen and oxygen atoms in total. The van der Waals surface area contributed by atoms with Crippen LogP contribution < -0.4 is 0 Å². The zero-order chi connectivity index (χ0) is 13.7. The summed E-state index contributed by atoms with van der Waals surface area (Å²) < 4.78 is 0.941. The molecule has 0 saturated heterocycles. The molecule has 96 valence electrons. The Morgan fingerprint density at radius 2 is 1.60 bits per heavy atom. The number of hydrogen-bond donors (Lipinski definition) is 0. The van der Waals surface area contributed by atoms with Crippen LogP contribution in [0.1, 0.15) is 15.9 Å². The highest BCUT2D eigenvalue weighted by molar-refractivity contribution is 9.10. The summed E-state index contributed by atoms with van der Waals surface area (Å²) in [5, 5.41) is 2.05. The molecule has 3 heteroatoms. The van der Waals surface area contributed by atoms with Gasteiger partial charge in [-0.1, -0.05) is 40.2 Å². The molecule has 0 fully saturated rings. The summed E-state index contributed by atoms with van der Waals surface area (Å²) in [5.74, 6) is 0.120. The van der Waals surface area contributed by atoms with Gasteiger partial charge in [-0.15, -0.1) is 11.3 Å². The summed E-state index contributed by atoms with van der Waals surface area (Å²) >= 11 is 5.12. The molecule has 0 radical (unpaired) electrons. The quantitative estimate of drug-likeness (QED) is 0.454. The van der Waals surface area contributed by atoms with Crippen molar-refractivity contribution in [1.82, 2.24) is 0 Å². The summed E-state index contributed by atoms with van der Waals surface area (Å²) in [4.78, 5) is 13.7. The zero-order valence-corrected chi connectivity index (χ0v) is 12.8. The molecule has 1 aromatic heterocycles. The minimum absolute atomic E-state index is 0.120. The average Bonchev–Trinajstić information content (AvgIpc) is 3.07. The molecule has 4 rings (SSSR count). The lowest BCUT2D eigenvalue weighted by Crippen LogP contribution is -1.95. The van der Waals surface area contributed by atoms with Gasteiger partial charge in [-0.3, -0.25) is 4.79 Å². The Hall–Kier alpha value is -1.71. The molecule has 0 spiro atoms. The van der Waals surface area contributed by atoms with E-state index in [1.807, 2.05) is 30.3 Å². The van der Waals surface area contributed by atoms with Crippen molar-refractivity contribution < 1.29 is 4.79 Å². The SMILES string of the molecule is O=C1c2cc(Br)ccc2-c2ccc(-c3cccs3)cc21. The van der Waals surface area contributed by atoms with Gasteiger partial charge in [-0.25, -0.2) is 0 Å². The highest BCUT2D eigenvalue weighted by atomic mass is 79.9. The third kappa shape index (κ3) is 1.70. The summed E-state index contributed by atoms with van der Waals surface area (Å²) in [6.07, 6.45) is 0. The van der Waals surface area contributed by atoms with E-state index in [1.54, 1.807) is 11.3 Å². The first kappa shape index (κ1) is 12.1. The maximum absolute atomic E-state index is 12.5. The van der Waals surface area contributed by atoms with Crippen molar-refractivity contribution in [2.24, 2.45) is 0 Å². The van der Waals surface area contributed by atoms with E-state index in [-0.39, 0.29) is 5.78 Å². The Kier molecular flexibility index (Phi) is 2.65. The summed E-state index contributed by atoms with van der Waals surface area (Å²) in [6.45, 7) is 0. The van der Waals surface area contributed by atoms with E-state index in [9.17, 15) is 4.79 Å². The molecule has 0 saturated carbocycles. The van der Waals surface area contributed by atoms with Crippen LogP contribution >= 0.6 is 27.3 Å². The van der Waals surface area contributed by atoms with Crippen LogP contribution in [0.5, 0.6) is 0 Å². The molecule has 1 heterocycles. The molecule has 0 unspecified atom stereocenters. The monoisotopic (exact) mass is 340 g/mol. The number of ketones is 1. The van der Waals surface area contributed by atoms with Crippen molar-refractivity contribution in [3.8, 4) is 21.6 Å². The largest absolute Gasteiger partial charge is 0.289 e. The van der Waals surface area contributed by atoms with Crippen LogP contribution in [0, 0.1) is 0 Å². The van der Waals surface area contributed by atoms with Crippen molar-refractivity contribution in [1.29, 1.82) is 0 Å². The molecule has 3 aromatic rings. The molecular weight excluding hydrogens is 332 g/mol. The predicted molar refractivity (Wildman–Crippen MR) is 86.3 cm³/mol. The maximum atomic E-state index is 12.5. The summed E-state index contributed by atoms with van der Waals surface area (Å²) in [5.41, 5.74) is 4.78. The second kappa shape index (κ2) is 4.40. The third-order valence-corrected chi connectivity index (χ3v) is 5.00. The number of thiophene rings is 1. The van der Waals surface area contributed by atoms with Gasteiger partial charge in [-0.05, 0) is 46.3 Å². The topological polar surface area (TPSA) is 17.1 Å². The minimum atomic E-state index is 0.120. The second-order valence-corrected chi connectivity index (χ2v) is 6.62. The summed E-state index contributed by atoms with van der Waals surface area (Å²) in [7, 11) is 0. The van der Waals surface area contributed by atoms with Crippen LogP contribution in [0.4, 0.5) is 0 Å². The maximum Gasteiger partial charge on any atom is 0.194 e. The summed E-state index contributed by atoms with van der Waals surface area (Å²) in [6, 6.07) is 16.2. The number of hydrogen-bond acceptors (Lipinski definition) is 2. The number of halogens is 1. The molecule has 0 bridgehead atoms. The molecule has 20 heavy (non-hydrogen) atoms. The number of rotatable bonds is 1. The van der Waals surface area contributed by atoms with E-state index in [4.69, 9.17) is 0 Å². The highest BCUT2D eigenvalue weighted by Crippen LogP contribution is 2.40. The van der Waals surface area contributed by atoms with Gasteiger partial charge in [0.15, 0.2) is 5.78 Å². The predicted octanol–water partition coefficient (Wildman–Crippen LogP) is 5.39. The van der Waals surface area contributed by atoms with Crippen molar-refractivity contribution in [2.45, 2.75) is 0 Å². The normalized spacial score (nSPS) is 12.3. The minimum Gasteiger partial charge on any atom is -0.289 e. The van der Waals surface area contributed by atoms with Crippen molar-refractivity contribution in [3.05, 3.63) is 69.5 Å². The Balaban J connectivity index is 1.92. The first-order valence-corrected chi connectivity index (χ1v) is 7.94. The molecule has 1 aliphatic carbocycles. The number of carbonyl (C=O) groups excluding carboxylic acids is 1. The number of carbonyl (C=O) groups is 1. The van der Waals surface area contributed by atoms with E-state index in [1.165, 1.54) is 4.88 Å². The van der Waals surface area contributed by atoms with Gasteiger partial charge in [0.25, 0.3) is 0 Å². The first-order valence-electron chi connectivity index (χ1n) is 6.26. The average molecular weight is 341 g/mol. The third-order valence-electron chi connectivity index (χ3n) is 3.59. The molecule has 1 aliphatic rings. The van der Waals surface area contributed by atoms with Crippen LogP contribution in [0.15, 0.2) is 58.4 Å². The molecule has 0 aliphatic heterocycles. The van der Waals surface area contributed by atoms with Gasteiger partial charge in [-0.2, -0.15) is 0 Å². The standard InChI is InChI=1S/C17H9BrOS/c18-11-4-6-13-12-5-3-10(16-2-1-7-20-16)8-14(12)17(19)15(13)9-11/h1-9H.